The van der Waals surface area contributed by atoms with Crippen LogP contribution in [0.2, 0.25) is 0 Å². The number of thioether (sulfide) groups is 1. The zero-order valence-corrected chi connectivity index (χ0v) is 15.8. The third-order valence-corrected chi connectivity index (χ3v) is 4.95. The summed E-state index contributed by atoms with van der Waals surface area (Å²) in [4.78, 5) is 12.3. The van der Waals surface area contributed by atoms with Crippen LogP contribution in [0, 0.1) is 13.8 Å². The van der Waals surface area contributed by atoms with Crippen LogP contribution in [-0.2, 0) is 11.3 Å². The van der Waals surface area contributed by atoms with Gasteiger partial charge in [0.25, 0.3) is 5.22 Å². The molecular weight excluding hydrogens is 346 g/mol. The standard InChI is InChI=1S/C20H21N3O2S/c1-13-8-10-16(11-9-13)12-21-18(24)15(3)26-20-23-22-19(25-20)17-7-5-4-6-14(17)2/h4-11,15H,12H2,1-3H3,(H,21,24). The summed E-state index contributed by atoms with van der Waals surface area (Å²) in [5.41, 5.74) is 4.24. The van der Waals surface area contributed by atoms with E-state index < -0.39 is 0 Å². The van der Waals surface area contributed by atoms with Gasteiger partial charge >= 0.3 is 0 Å². The summed E-state index contributed by atoms with van der Waals surface area (Å²) in [6.45, 7) is 6.36. The number of nitrogens with one attached hydrogen (secondary N) is 1. The second-order valence-electron chi connectivity index (χ2n) is 6.15. The molecule has 5 nitrogen and oxygen atoms in total. The number of carbonyl (C=O) groups is 1. The molecule has 3 aromatic rings. The van der Waals surface area contributed by atoms with Crippen LogP contribution in [-0.4, -0.2) is 21.4 Å². The van der Waals surface area contributed by atoms with E-state index in [1.807, 2.05) is 69.3 Å². The van der Waals surface area contributed by atoms with Crippen LogP contribution in [0.15, 0.2) is 58.2 Å². The van der Waals surface area contributed by atoms with Gasteiger partial charge < -0.3 is 9.73 Å². The van der Waals surface area contributed by atoms with Gasteiger partial charge in [0.1, 0.15) is 0 Å². The maximum atomic E-state index is 12.3. The van der Waals surface area contributed by atoms with Crippen LogP contribution in [0.5, 0.6) is 0 Å². The van der Waals surface area contributed by atoms with E-state index in [1.165, 1.54) is 17.3 Å². The van der Waals surface area contributed by atoms with E-state index in [1.54, 1.807) is 0 Å². The monoisotopic (exact) mass is 367 g/mol. The Bertz CT molecular complexity index is 890. The zero-order chi connectivity index (χ0) is 18.5. The number of hydrogen-bond acceptors (Lipinski definition) is 5. The molecule has 3 rings (SSSR count). The molecule has 0 saturated carbocycles. The van der Waals surface area contributed by atoms with Gasteiger partial charge in [0.15, 0.2) is 0 Å². The predicted octanol–water partition coefficient (Wildman–Crippen LogP) is 4.15. The van der Waals surface area contributed by atoms with Gasteiger partial charge in [0.05, 0.1) is 5.25 Å². The lowest BCUT2D eigenvalue weighted by molar-refractivity contribution is -0.120. The Balaban J connectivity index is 1.57. The lowest BCUT2D eigenvalue weighted by Crippen LogP contribution is -2.30. The highest BCUT2D eigenvalue weighted by atomic mass is 32.2. The Morgan fingerprint density at radius 2 is 1.85 bits per heavy atom. The van der Waals surface area contributed by atoms with Crippen molar-refractivity contribution in [3.05, 3.63) is 65.2 Å². The second-order valence-corrected chi connectivity index (χ2v) is 7.44. The summed E-state index contributed by atoms with van der Waals surface area (Å²) in [6, 6.07) is 15.9. The molecule has 0 saturated heterocycles. The molecule has 0 fully saturated rings. The highest BCUT2D eigenvalue weighted by Crippen LogP contribution is 2.27. The minimum Gasteiger partial charge on any atom is -0.411 e. The number of amides is 1. The molecular formula is C20H21N3O2S. The Morgan fingerprint density at radius 3 is 2.58 bits per heavy atom. The van der Waals surface area contributed by atoms with Gasteiger partial charge in [0, 0.05) is 12.1 Å². The normalized spacial score (nSPS) is 12.0. The first-order chi connectivity index (χ1) is 12.5. The van der Waals surface area contributed by atoms with Crippen LogP contribution < -0.4 is 5.32 Å². The molecule has 134 valence electrons. The number of carbonyl (C=O) groups excluding carboxylic acids is 1. The molecule has 1 atom stereocenters. The van der Waals surface area contributed by atoms with Crippen molar-refractivity contribution in [2.75, 3.05) is 0 Å². The highest BCUT2D eigenvalue weighted by Gasteiger charge is 2.19. The Morgan fingerprint density at radius 1 is 1.12 bits per heavy atom. The Labute approximate surface area is 157 Å². The molecule has 0 aliphatic heterocycles. The van der Waals surface area contributed by atoms with Crippen LogP contribution >= 0.6 is 11.8 Å². The fourth-order valence-electron chi connectivity index (χ4n) is 2.42. The average Bonchev–Trinajstić information content (AvgIpc) is 3.09. The first kappa shape index (κ1) is 18.2. The molecule has 0 bridgehead atoms. The number of hydrogen-bond donors (Lipinski definition) is 1. The van der Waals surface area contributed by atoms with E-state index in [2.05, 4.69) is 15.5 Å². The fourth-order valence-corrected chi connectivity index (χ4v) is 3.13. The van der Waals surface area contributed by atoms with Gasteiger partial charge in [-0.25, -0.2) is 0 Å². The number of benzene rings is 2. The third-order valence-electron chi connectivity index (χ3n) is 4.02. The first-order valence-electron chi connectivity index (χ1n) is 8.42. The zero-order valence-electron chi connectivity index (χ0n) is 15.0. The molecule has 0 aliphatic rings. The van der Waals surface area contributed by atoms with Crippen LogP contribution in [0.4, 0.5) is 0 Å². The molecule has 0 aliphatic carbocycles. The molecule has 2 aromatic carbocycles. The highest BCUT2D eigenvalue weighted by molar-refractivity contribution is 8.00. The molecule has 26 heavy (non-hydrogen) atoms. The van der Waals surface area contributed by atoms with Crippen molar-refractivity contribution in [1.82, 2.24) is 15.5 Å². The van der Waals surface area contributed by atoms with Gasteiger partial charge in [-0.05, 0) is 38.0 Å². The molecule has 1 N–H and O–H groups in total. The molecule has 1 heterocycles. The second kappa shape index (κ2) is 8.19. The van der Waals surface area contributed by atoms with Crippen LogP contribution in [0.3, 0.4) is 0 Å². The smallest absolute Gasteiger partial charge is 0.277 e. The Hall–Kier alpha value is -2.60. The van der Waals surface area contributed by atoms with Crippen LogP contribution in [0.25, 0.3) is 11.5 Å². The van der Waals surface area contributed by atoms with E-state index in [0.29, 0.717) is 17.7 Å². The van der Waals surface area contributed by atoms with Crippen molar-refractivity contribution >= 4 is 17.7 Å². The quantitative estimate of drug-likeness (QED) is 0.663. The van der Waals surface area contributed by atoms with Gasteiger partial charge in [-0.15, -0.1) is 10.2 Å². The predicted molar refractivity (Wildman–Crippen MR) is 103 cm³/mol. The van der Waals surface area contributed by atoms with E-state index >= 15 is 0 Å². The minimum atomic E-state index is -0.328. The summed E-state index contributed by atoms with van der Waals surface area (Å²) in [5.74, 6) is 0.407. The minimum absolute atomic E-state index is 0.0637. The van der Waals surface area contributed by atoms with Crippen molar-refractivity contribution in [3.63, 3.8) is 0 Å². The topological polar surface area (TPSA) is 68.0 Å². The Kier molecular flexibility index (Phi) is 5.73. The van der Waals surface area contributed by atoms with Crippen molar-refractivity contribution in [2.24, 2.45) is 0 Å². The summed E-state index contributed by atoms with van der Waals surface area (Å²) in [5, 5.41) is 11.1. The summed E-state index contributed by atoms with van der Waals surface area (Å²) in [6.07, 6.45) is 0. The van der Waals surface area contributed by atoms with Gasteiger partial charge in [-0.2, -0.15) is 0 Å². The van der Waals surface area contributed by atoms with Crippen molar-refractivity contribution in [3.8, 4) is 11.5 Å². The van der Waals surface area contributed by atoms with E-state index in [-0.39, 0.29) is 11.2 Å². The fraction of sp³-hybridized carbons (Fsp3) is 0.250. The summed E-state index contributed by atoms with van der Waals surface area (Å²) in [7, 11) is 0. The average molecular weight is 367 g/mol. The number of nitrogens with zero attached hydrogens (tertiary/aromatic N) is 2. The molecule has 1 aromatic heterocycles. The van der Waals surface area contributed by atoms with Gasteiger partial charge in [-0.1, -0.05) is 59.8 Å². The lowest BCUT2D eigenvalue weighted by Gasteiger charge is -2.10. The van der Waals surface area contributed by atoms with Crippen LogP contribution in [0.1, 0.15) is 23.6 Å². The molecule has 0 spiro atoms. The third kappa shape index (κ3) is 4.52. The molecule has 0 radical (unpaired) electrons. The van der Waals surface area contributed by atoms with Crippen molar-refractivity contribution in [1.29, 1.82) is 0 Å². The number of aryl methyl sites for hydroxylation is 2. The SMILES string of the molecule is Cc1ccc(CNC(=O)C(C)Sc2nnc(-c3ccccc3C)o2)cc1. The van der Waals surface area contributed by atoms with Gasteiger partial charge in [0.2, 0.25) is 11.8 Å². The molecule has 1 amide bonds. The van der Waals surface area contributed by atoms with Crippen molar-refractivity contribution in [2.45, 2.75) is 37.8 Å². The largest absolute Gasteiger partial charge is 0.411 e. The first-order valence-corrected chi connectivity index (χ1v) is 9.30. The maximum Gasteiger partial charge on any atom is 0.277 e. The van der Waals surface area contributed by atoms with E-state index in [4.69, 9.17) is 4.42 Å². The number of rotatable bonds is 6. The molecule has 1 unspecified atom stereocenters. The maximum absolute atomic E-state index is 12.3. The van der Waals surface area contributed by atoms with Crippen molar-refractivity contribution < 1.29 is 9.21 Å². The van der Waals surface area contributed by atoms with E-state index in [9.17, 15) is 4.79 Å². The summed E-state index contributed by atoms with van der Waals surface area (Å²) < 4.78 is 5.71. The number of aromatic nitrogens is 2. The van der Waals surface area contributed by atoms with E-state index in [0.717, 1.165) is 16.7 Å². The summed E-state index contributed by atoms with van der Waals surface area (Å²) >= 11 is 1.26. The molecule has 6 heteroatoms. The van der Waals surface area contributed by atoms with Gasteiger partial charge in [-0.3, -0.25) is 4.79 Å². The lowest BCUT2D eigenvalue weighted by atomic mass is 10.1.